The van der Waals surface area contributed by atoms with E-state index in [4.69, 9.17) is 21.1 Å². The maximum atomic E-state index is 12.1. The van der Waals surface area contributed by atoms with Gasteiger partial charge in [-0.25, -0.2) is 4.79 Å². The molecule has 0 aliphatic rings. The van der Waals surface area contributed by atoms with E-state index in [9.17, 15) is 4.79 Å². The van der Waals surface area contributed by atoms with Crippen LogP contribution in [0.25, 0.3) is 0 Å². The fraction of sp³-hybridized carbons (Fsp3) is 0.0952. The van der Waals surface area contributed by atoms with Gasteiger partial charge in [-0.1, -0.05) is 54.1 Å². The molecule has 4 heteroatoms. The monoisotopic (exact) mass is 352 g/mol. The highest BCUT2D eigenvalue weighted by Crippen LogP contribution is 2.16. The molecule has 0 aliphatic heterocycles. The van der Waals surface area contributed by atoms with Crippen molar-refractivity contribution in [1.29, 1.82) is 0 Å². The van der Waals surface area contributed by atoms with Crippen LogP contribution in [-0.2, 0) is 18.0 Å². The van der Waals surface area contributed by atoms with Crippen LogP contribution in [0, 0.1) is 0 Å². The highest BCUT2D eigenvalue weighted by Gasteiger charge is 2.07. The Balaban J connectivity index is 1.52. The Morgan fingerprint density at radius 3 is 2.08 bits per heavy atom. The summed E-state index contributed by atoms with van der Waals surface area (Å²) >= 11 is 5.86. The van der Waals surface area contributed by atoms with Crippen LogP contribution < -0.4 is 4.74 Å². The van der Waals surface area contributed by atoms with Gasteiger partial charge in [0.25, 0.3) is 0 Å². The predicted molar refractivity (Wildman–Crippen MR) is 97.8 cm³/mol. The Bertz CT molecular complexity index is 812. The molecule has 0 radical (unpaired) electrons. The highest BCUT2D eigenvalue weighted by molar-refractivity contribution is 6.30. The maximum absolute atomic E-state index is 12.1. The molecule has 0 fully saturated rings. The predicted octanol–water partition coefficient (Wildman–Crippen LogP) is 5.28. The molecule has 0 amide bonds. The fourth-order valence-electron chi connectivity index (χ4n) is 2.24. The average molecular weight is 353 g/mol. The summed E-state index contributed by atoms with van der Waals surface area (Å²) in [5, 5.41) is 0.696. The van der Waals surface area contributed by atoms with E-state index in [0.29, 0.717) is 22.9 Å². The quantitative estimate of drug-likeness (QED) is 0.566. The summed E-state index contributed by atoms with van der Waals surface area (Å²) in [5.74, 6) is 0.336. The Hall–Kier alpha value is -2.78. The fourth-order valence-corrected chi connectivity index (χ4v) is 2.37. The first-order chi connectivity index (χ1) is 12.2. The van der Waals surface area contributed by atoms with E-state index >= 15 is 0 Å². The SMILES string of the molecule is O=C(OCc1ccccc1)c1ccc(OCc2ccc(Cl)cc2)cc1. The molecular formula is C21H17ClO3. The number of esters is 1. The van der Waals surface area contributed by atoms with Gasteiger partial charge in [-0.2, -0.15) is 0 Å². The van der Waals surface area contributed by atoms with E-state index < -0.39 is 0 Å². The lowest BCUT2D eigenvalue weighted by molar-refractivity contribution is 0.0472. The molecule has 0 spiro atoms. The zero-order chi connectivity index (χ0) is 17.5. The van der Waals surface area contributed by atoms with Gasteiger partial charge in [-0.05, 0) is 47.5 Å². The van der Waals surface area contributed by atoms with Crippen LogP contribution in [0.3, 0.4) is 0 Å². The summed E-state index contributed by atoms with van der Waals surface area (Å²) in [6.07, 6.45) is 0. The van der Waals surface area contributed by atoms with Crippen molar-refractivity contribution in [3.05, 3.63) is 101 Å². The minimum Gasteiger partial charge on any atom is -0.489 e. The zero-order valence-corrected chi connectivity index (χ0v) is 14.3. The Morgan fingerprint density at radius 2 is 1.40 bits per heavy atom. The Labute approximate surface area is 151 Å². The molecule has 0 bridgehead atoms. The van der Waals surface area contributed by atoms with Crippen LogP contribution in [0.2, 0.25) is 5.02 Å². The third-order valence-electron chi connectivity index (χ3n) is 3.62. The second kappa shape index (κ2) is 8.36. The van der Waals surface area contributed by atoms with Gasteiger partial charge in [0, 0.05) is 5.02 Å². The second-order valence-electron chi connectivity index (χ2n) is 5.50. The van der Waals surface area contributed by atoms with Gasteiger partial charge in [0.1, 0.15) is 19.0 Å². The van der Waals surface area contributed by atoms with Crippen LogP contribution in [-0.4, -0.2) is 5.97 Å². The molecule has 0 saturated heterocycles. The smallest absolute Gasteiger partial charge is 0.338 e. The molecule has 0 aromatic heterocycles. The lowest BCUT2D eigenvalue weighted by Crippen LogP contribution is -2.05. The number of hydrogen-bond donors (Lipinski definition) is 0. The van der Waals surface area contributed by atoms with E-state index in [0.717, 1.165) is 11.1 Å². The van der Waals surface area contributed by atoms with Crippen LogP contribution in [0.4, 0.5) is 0 Å². The molecule has 0 atom stereocenters. The number of ether oxygens (including phenoxy) is 2. The summed E-state index contributed by atoms with van der Waals surface area (Å²) in [7, 11) is 0. The van der Waals surface area contributed by atoms with E-state index in [-0.39, 0.29) is 12.6 Å². The molecule has 0 unspecified atom stereocenters. The van der Waals surface area contributed by atoms with Gasteiger partial charge in [0.15, 0.2) is 0 Å². The van der Waals surface area contributed by atoms with Gasteiger partial charge in [0.2, 0.25) is 0 Å². The van der Waals surface area contributed by atoms with Crippen molar-refractivity contribution in [2.75, 3.05) is 0 Å². The summed E-state index contributed by atoms with van der Waals surface area (Å²) in [6, 6.07) is 24.0. The van der Waals surface area contributed by atoms with E-state index in [1.165, 1.54) is 0 Å². The molecule has 25 heavy (non-hydrogen) atoms. The van der Waals surface area contributed by atoms with E-state index in [1.807, 2.05) is 54.6 Å². The molecule has 0 aliphatic carbocycles. The van der Waals surface area contributed by atoms with Gasteiger partial charge >= 0.3 is 5.97 Å². The second-order valence-corrected chi connectivity index (χ2v) is 5.94. The molecule has 3 aromatic rings. The summed E-state index contributed by atoms with van der Waals surface area (Å²) in [4.78, 5) is 12.1. The number of halogens is 1. The molecule has 0 N–H and O–H groups in total. The number of benzene rings is 3. The largest absolute Gasteiger partial charge is 0.489 e. The van der Waals surface area contributed by atoms with Crippen molar-refractivity contribution in [3.63, 3.8) is 0 Å². The van der Waals surface area contributed by atoms with Crippen molar-refractivity contribution < 1.29 is 14.3 Å². The third-order valence-corrected chi connectivity index (χ3v) is 3.87. The number of rotatable bonds is 6. The molecule has 0 heterocycles. The lowest BCUT2D eigenvalue weighted by atomic mass is 10.2. The maximum Gasteiger partial charge on any atom is 0.338 e. The Morgan fingerprint density at radius 1 is 0.760 bits per heavy atom. The minimum atomic E-state index is -0.354. The first-order valence-electron chi connectivity index (χ1n) is 7.89. The van der Waals surface area contributed by atoms with Crippen molar-refractivity contribution in [3.8, 4) is 5.75 Å². The minimum absolute atomic E-state index is 0.258. The molecule has 126 valence electrons. The van der Waals surface area contributed by atoms with Crippen molar-refractivity contribution in [2.45, 2.75) is 13.2 Å². The van der Waals surface area contributed by atoms with Crippen molar-refractivity contribution in [2.24, 2.45) is 0 Å². The third kappa shape index (κ3) is 5.10. The summed E-state index contributed by atoms with van der Waals surface area (Å²) in [6.45, 7) is 0.698. The van der Waals surface area contributed by atoms with E-state index in [2.05, 4.69) is 0 Å². The zero-order valence-electron chi connectivity index (χ0n) is 13.5. The standard InChI is InChI=1S/C21H17ClO3/c22-19-10-6-17(7-11-19)14-24-20-12-8-18(9-13-20)21(23)25-15-16-4-2-1-3-5-16/h1-13H,14-15H2. The van der Waals surface area contributed by atoms with Crippen LogP contribution >= 0.6 is 11.6 Å². The molecular weight excluding hydrogens is 336 g/mol. The van der Waals surface area contributed by atoms with Gasteiger partial charge in [-0.15, -0.1) is 0 Å². The van der Waals surface area contributed by atoms with Gasteiger partial charge in [-0.3, -0.25) is 0 Å². The number of hydrogen-bond acceptors (Lipinski definition) is 3. The summed E-state index contributed by atoms with van der Waals surface area (Å²) in [5.41, 5.74) is 2.48. The molecule has 3 rings (SSSR count). The topological polar surface area (TPSA) is 35.5 Å². The summed E-state index contributed by atoms with van der Waals surface area (Å²) < 4.78 is 11.0. The van der Waals surface area contributed by atoms with Crippen LogP contribution in [0.5, 0.6) is 5.75 Å². The average Bonchev–Trinajstić information content (AvgIpc) is 2.67. The first kappa shape index (κ1) is 17.1. The molecule has 3 nitrogen and oxygen atoms in total. The lowest BCUT2D eigenvalue weighted by Gasteiger charge is -2.08. The highest BCUT2D eigenvalue weighted by atomic mass is 35.5. The van der Waals surface area contributed by atoms with Gasteiger partial charge < -0.3 is 9.47 Å². The number of carbonyl (C=O) groups excluding carboxylic acids is 1. The molecule has 3 aromatic carbocycles. The van der Waals surface area contributed by atoms with E-state index in [1.54, 1.807) is 24.3 Å². The van der Waals surface area contributed by atoms with Crippen LogP contribution in [0.1, 0.15) is 21.5 Å². The van der Waals surface area contributed by atoms with Crippen LogP contribution in [0.15, 0.2) is 78.9 Å². The first-order valence-corrected chi connectivity index (χ1v) is 8.27. The normalized spacial score (nSPS) is 10.3. The Kier molecular flexibility index (Phi) is 5.70. The molecule has 0 saturated carbocycles. The van der Waals surface area contributed by atoms with Crippen molar-refractivity contribution >= 4 is 17.6 Å². The van der Waals surface area contributed by atoms with Crippen molar-refractivity contribution in [1.82, 2.24) is 0 Å². The van der Waals surface area contributed by atoms with Gasteiger partial charge in [0.05, 0.1) is 5.56 Å². The number of carbonyl (C=O) groups is 1.